The topological polar surface area (TPSA) is 99.1 Å². The molecule has 0 fully saturated rings. The predicted molar refractivity (Wildman–Crippen MR) is 141 cm³/mol. The number of carbonyl (C=O) groups is 3. The summed E-state index contributed by atoms with van der Waals surface area (Å²) in [6.45, 7) is 6.64. The Kier molecular flexibility index (Phi) is 20.0. The Labute approximate surface area is 218 Å². The minimum atomic E-state index is -0.735. The molecule has 0 aromatic rings. The Hall–Kier alpha value is -1.93. The van der Waals surface area contributed by atoms with E-state index in [0.29, 0.717) is 36.9 Å². The van der Waals surface area contributed by atoms with Gasteiger partial charge in [0.15, 0.2) is 6.54 Å². The molecule has 36 heavy (non-hydrogen) atoms. The van der Waals surface area contributed by atoms with Gasteiger partial charge in [0.05, 0.1) is 26.8 Å². The standard InChI is InChI=1S/C28H52NO7/c1-6-8-15-19-26(36-28(33)23-29(4,5)21-22-35-24(3)30)25(31)18-16-13-11-9-10-12-14-17-20-27(32)34-7-2/h13,16,25-26,31H,6-12,14-15,17-23H2,1-5H3/q+1. The lowest BCUT2D eigenvalue weighted by atomic mass is 10.0. The monoisotopic (exact) mass is 514 g/mol. The molecule has 0 aromatic carbocycles. The fourth-order valence-corrected chi connectivity index (χ4v) is 3.80. The van der Waals surface area contributed by atoms with Gasteiger partial charge in [-0.1, -0.05) is 51.2 Å². The zero-order valence-corrected chi connectivity index (χ0v) is 23.5. The Morgan fingerprint density at radius 2 is 1.58 bits per heavy atom. The van der Waals surface area contributed by atoms with Crippen LogP contribution in [0.5, 0.6) is 0 Å². The number of quaternary nitrogens is 1. The van der Waals surface area contributed by atoms with Crippen LogP contribution in [0.4, 0.5) is 0 Å². The van der Waals surface area contributed by atoms with Crippen molar-refractivity contribution in [1.29, 1.82) is 0 Å². The molecular formula is C28H52NO7+. The van der Waals surface area contributed by atoms with Gasteiger partial charge in [-0.3, -0.25) is 9.59 Å². The lowest BCUT2D eigenvalue weighted by Crippen LogP contribution is -2.47. The number of hydrogen-bond donors (Lipinski definition) is 1. The van der Waals surface area contributed by atoms with E-state index in [9.17, 15) is 19.5 Å². The van der Waals surface area contributed by atoms with Crippen molar-refractivity contribution in [3.8, 4) is 0 Å². The predicted octanol–water partition coefficient (Wildman–Crippen LogP) is 4.72. The largest absolute Gasteiger partial charge is 0.466 e. The summed E-state index contributed by atoms with van der Waals surface area (Å²) in [7, 11) is 3.77. The number of nitrogens with zero attached hydrogens (tertiary/aromatic N) is 1. The molecule has 0 spiro atoms. The average Bonchev–Trinajstić information content (AvgIpc) is 2.79. The second-order valence-corrected chi connectivity index (χ2v) is 10.1. The minimum absolute atomic E-state index is 0.111. The van der Waals surface area contributed by atoms with E-state index in [4.69, 9.17) is 14.2 Å². The maximum Gasteiger partial charge on any atom is 0.362 e. The van der Waals surface area contributed by atoms with Crippen molar-refractivity contribution in [2.24, 2.45) is 0 Å². The molecule has 1 N–H and O–H groups in total. The zero-order chi connectivity index (χ0) is 27.2. The summed E-state index contributed by atoms with van der Waals surface area (Å²) in [5, 5.41) is 10.7. The first-order valence-electron chi connectivity index (χ1n) is 13.7. The molecule has 210 valence electrons. The van der Waals surface area contributed by atoms with Gasteiger partial charge in [0.2, 0.25) is 0 Å². The average molecular weight is 515 g/mol. The maximum absolute atomic E-state index is 12.6. The van der Waals surface area contributed by atoms with Crippen molar-refractivity contribution in [2.45, 2.75) is 110 Å². The van der Waals surface area contributed by atoms with E-state index in [1.807, 2.05) is 27.1 Å². The lowest BCUT2D eigenvalue weighted by Gasteiger charge is -2.30. The molecule has 0 rings (SSSR count). The number of carbonyl (C=O) groups excluding carboxylic acids is 3. The van der Waals surface area contributed by atoms with Gasteiger partial charge in [-0.15, -0.1) is 0 Å². The van der Waals surface area contributed by atoms with E-state index in [-0.39, 0.29) is 31.1 Å². The molecule has 0 aliphatic heterocycles. The number of likely N-dealkylation sites (N-methyl/N-ethyl adjacent to an activating group) is 1. The van der Waals surface area contributed by atoms with E-state index >= 15 is 0 Å². The minimum Gasteiger partial charge on any atom is -0.466 e. The third-order valence-corrected chi connectivity index (χ3v) is 5.96. The fraction of sp³-hybridized carbons (Fsp3) is 0.821. The van der Waals surface area contributed by atoms with Crippen molar-refractivity contribution >= 4 is 17.9 Å². The molecule has 8 nitrogen and oxygen atoms in total. The first-order chi connectivity index (χ1) is 17.1. The number of aliphatic hydroxyl groups is 1. The van der Waals surface area contributed by atoms with Gasteiger partial charge in [0.25, 0.3) is 0 Å². The second kappa shape index (κ2) is 21.2. The molecule has 0 bridgehead atoms. The first-order valence-corrected chi connectivity index (χ1v) is 13.7. The van der Waals surface area contributed by atoms with E-state index in [0.717, 1.165) is 57.8 Å². The highest BCUT2D eigenvalue weighted by Crippen LogP contribution is 2.16. The van der Waals surface area contributed by atoms with Crippen molar-refractivity contribution in [3.05, 3.63) is 12.2 Å². The van der Waals surface area contributed by atoms with E-state index in [2.05, 4.69) is 13.0 Å². The van der Waals surface area contributed by atoms with E-state index in [1.54, 1.807) is 0 Å². The number of hydrogen-bond acceptors (Lipinski definition) is 7. The van der Waals surface area contributed by atoms with Crippen molar-refractivity contribution < 1.29 is 38.2 Å². The molecule has 0 amide bonds. The SMILES string of the molecule is CCCCCC(OC(=O)C[N+](C)(C)CCOC(C)=O)C(O)CC=CCCCCCCCC(=O)OCC. The van der Waals surface area contributed by atoms with Crippen LogP contribution in [-0.2, 0) is 28.6 Å². The first kappa shape index (κ1) is 34.1. The van der Waals surface area contributed by atoms with Crippen molar-refractivity contribution in [1.82, 2.24) is 0 Å². The summed E-state index contributed by atoms with van der Waals surface area (Å²) in [4.78, 5) is 34.9. The summed E-state index contributed by atoms with van der Waals surface area (Å²) in [5.74, 6) is -0.800. The smallest absolute Gasteiger partial charge is 0.362 e. The lowest BCUT2D eigenvalue weighted by molar-refractivity contribution is -0.883. The quantitative estimate of drug-likeness (QED) is 0.0734. The van der Waals surface area contributed by atoms with Crippen LogP contribution in [0, 0.1) is 0 Å². The Balaban J connectivity index is 4.37. The zero-order valence-electron chi connectivity index (χ0n) is 23.5. The Morgan fingerprint density at radius 3 is 2.25 bits per heavy atom. The number of esters is 3. The van der Waals surface area contributed by atoms with Crippen molar-refractivity contribution in [3.63, 3.8) is 0 Å². The van der Waals surface area contributed by atoms with Gasteiger partial charge >= 0.3 is 17.9 Å². The van der Waals surface area contributed by atoms with E-state index < -0.39 is 12.2 Å². The summed E-state index contributed by atoms with van der Waals surface area (Å²) < 4.78 is 16.0. The summed E-state index contributed by atoms with van der Waals surface area (Å²) >= 11 is 0. The summed E-state index contributed by atoms with van der Waals surface area (Å²) in [6, 6.07) is 0. The number of allylic oxidation sites excluding steroid dienone is 1. The van der Waals surface area contributed by atoms with Gasteiger partial charge < -0.3 is 23.8 Å². The highest BCUT2D eigenvalue weighted by Gasteiger charge is 2.27. The number of rotatable bonds is 22. The fourth-order valence-electron chi connectivity index (χ4n) is 3.80. The molecule has 0 aliphatic rings. The highest BCUT2D eigenvalue weighted by molar-refractivity contribution is 5.71. The summed E-state index contributed by atoms with van der Waals surface area (Å²) in [5.41, 5.74) is 0. The van der Waals surface area contributed by atoms with Crippen molar-refractivity contribution in [2.75, 3.05) is 40.4 Å². The molecule has 0 aromatic heterocycles. The van der Waals surface area contributed by atoms with Gasteiger partial charge in [0.1, 0.15) is 19.3 Å². The normalized spacial score (nSPS) is 13.4. The third-order valence-electron chi connectivity index (χ3n) is 5.96. The molecule has 8 heteroatoms. The van der Waals surface area contributed by atoms with Gasteiger partial charge in [-0.25, -0.2) is 4.79 Å². The van der Waals surface area contributed by atoms with Crippen LogP contribution in [-0.4, -0.2) is 80.1 Å². The summed E-state index contributed by atoms with van der Waals surface area (Å²) in [6.07, 6.45) is 13.5. The molecule has 2 unspecified atom stereocenters. The Morgan fingerprint density at radius 1 is 0.889 bits per heavy atom. The molecule has 2 atom stereocenters. The van der Waals surface area contributed by atoms with Crippen LogP contribution in [0.3, 0.4) is 0 Å². The van der Waals surface area contributed by atoms with Crippen LogP contribution in [0.15, 0.2) is 12.2 Å². The van der Waals surface area contributed by atoms with Crippen LogP contribution in [0.25, 0.3) is 0 Å². The maximum atomic E-state index is 12.6. The molecule has 0 radical (unpaired) electrons. The van der Waals surface area contributed by atoms with Crippen LogP contribution >= 0.6 is 0 Å². The number of aliphatic hydroxyl groups excluding tert-OH is 1. The van der Waals surface area contributed by atoms with Crippen LogP contribution < -0.4 is 0 Å². The van der Waals surface area contributed by atoms with Gasteiger partial charge in [0, 0.05) is 13.3 Å². The number of unbranched alkanes of at least 4 members (excludes halogenated alkanes) is 7. The van der Waals surface area contributed by atoms with Crippen LogP contribution in [0.2, 0.25) is 0 Å². The van der Waals surface area contributed by atoms with E-state index in [1.165, 1.54) is 6.92 Å². The molecule has 0 saturated heterocycles. The van der Waals surface area contributed by atoms with Gasteiger partial charge in [-0.2, -0.15) is 0 Å². The van der Waals surface area contributed by atoms with Gasteiger partial charge in [-0.05, 0) is 45.4 Å². The molecule has 0 aliphatic carbocycles. The second-order valence-electron chi connectivity index (χ2n) is 10.1. The van der Waals surface area contributed by atoms with Crippen LogP contribution in [0.1, 0.15) is 97.8 Å². The molecule has 0 heterocycles. The Bertz CT molecular complexity index is 633. The third kappa shape index (κ3) is 20.3. The highest BCUT2D eigenvalue weighted by atomic mass is 16.6. The molecule has 0 saturated carbocycles. The molecular weight excluding hydrogens is 462 g/mol. The number of ether oxygens (including phenoxy) is 3.